The van der Waals surface area contributed by atoms with Crippen LogP contribution in [0, 0.1) is 10.8 Å². The molecular weight excluding hydrogens is 440 g/mol. The molecule has 1 heterocycles. The largest absolute Gasteiger partial charge is 0.489 e. The van der Waals surface area contributed by atoms with Gasteiger partial charge in [-0.1, -0.05) is 24.3 Å². The molecule has 5 N–H and O–H groups in total. The van der Waals surface area contributed by atoms with Crippen molar-refractivity contribution in [3.63, 3.8) is 0 Å². The molecule has 8 heteroatoms. The first-order valence-electron chi connectivity index (χ1n) is 11.8. The molecule has 0 bridgehead atoms. The fraction of sp³-hybridized carbons (Fsp3) is 0.296. The Kier molecular flexibility index (Phi) is 7.19. The molecular formula is C27H32N6O2. The molecule has 2 amide bonds. The highest BCUT2D eigenvalue weighted by atomic mass is 16.5. The zero-order chi connectivity index (χ0) is 24.9. The number of fused-ring (bicyclic) bond motifs is 1. The van der Waals surface area contributed by atoms with Crippen LogP contribution in [-0.4, -0.2) is 48.3 Å². The molecule has 8 nitrogen and oxygen atoms in total. The average molecular weight is 473 g/mol. The third kappa shape index (κ3) is 5.71. The number of nitrogens with one attached hydrogen (secondary N) is 3. The van der Waals surface area contributed by atoms with Gasteiger partial charge in [0.1, 0.15) is 17.7 Å². The predicted molar refractivity (Wildman–Crippen MR) is 141 cm³/mol. The van der Waals surface area contributed by atoms with Crippen molar-refractivity contribution in [3.05, 3.63) is 71.8 Å². The van der Waals surface area contributed by atoms with E-state index in [0.717, 1.165) is 47.3 Å². The van der Waals surface area contributed by atoms with Crippen LogP contribution in [0.25, 0.3) is 10.8 Å². The number of benzene rings is 3. The lowest BCUT2D eigenvalue weighted by Crippen LogP contribution is -2.39. The van der Waals surface area contributed by atoms with Crippen LogP contribution in [0.4, 0.5) is 10.5 Å². The minimum absolute atomic E-state index is 0.0295. The Morgan fingerprint density at radius 2 is 1.86 bits per heavy atom. The van der Waals surface area contributed by atoms with Gasteiger partial charge in [0.15, 0.2) is 0 Å². The van der Waals surface area contributed by atoms with Crippen molar-refractivity contribution in [2.45, 2.75) is 32.9 Å². The summed E-state index contributed by atoms with van der Waals surface area (Å²) >= 11 is 0. The molecule has 1 aliphatic heterocycles. The van der Waals surface area contributed by atoms with E-state index in [1.807, 2.05) is 72.5 Å². The smallest absolute Gasteiger partial charge is 0.322 e. The van der Waals surface area contributed by atoms with Crippen molar-refractivity contribution in [2.24, 2.45) is 5.73 Å². The predicted octanol–water partition coefficient (Wildman–Crippen LogP) is 4.31. The van der Waals surface area contributed by atoms with Gasteiger partial charge >= 0.3 is 6.03 Å². The molecule has 0 saturated carbocycles. The van der Waals surface area contributed by atoms with Crippen molar-refractivity contribution >= 4 is 34.2 Å². The fourth-order valence-corrected chi connectivity index (χ4v) is 4.30. The molecule has 1 atom stereocenters. The molecule has 182 valence electrons. The van der Waals surface area contributed by atoms with Gasteiger partial charge in [0.05, 0.1) is 18.9 Å². The molecule has 3 aromatic rings. The third-order valence-electron chi connectivity index (χ3n) is 6.20. The molecule has 3 aromatic carbocycles. The van der Waals surface area contributed by atoms with E-state index in [2.05, 4.69) is 5.32 Å². The Labute approximate surface area is 205 Å². The number of hydrogen-bond donors (Lipinski definition) is 4. The van der Waals surface area contributed by atoms with Gasteiger partial charge in [-0.2, -0.15) is 0 Å². The van der Waals surface area contributed by atoms with Gasteiger partial charge in [0, 0.05) is 30.8 Å². The molecule has 0 aromatic heterocycles. The lowest BCUT2D eigenvalue weighted by Gasteiger charge is -2.24. The average Bonchev–Trinajstić information content (AvgIpc) is 3.31. The summed E-state index contributed by atoms with van der Waals surface area (Å²) in [5.74, 6) is 1.35. The summed E-state index contributed by atoms with van der Waals surface area (Å²) in [6.45, 7) is 6.17. The number of amides is 2. The zero-order valence-corrected chi connectivity index (χ0v) is 20.2. The molecule has 0 spiro atoms. The normalized spacial score (nSPS) is 15.1. The summed E-state index contributed by atoms with van der Waals surface area (Å²) in [5, 5.41) is 20.4. The van der Waals surface area contributed by atoms with E-state index in [1.165, 1.54) is 0 Å². The van der Waals surface area contributed by atoms with Gasteiger partial charge in [-0.25, -0.2) is 4.79 Å². The van der Waals surface area contributed by atoms with E-state index in [4.69, 9.17) is 21.3 Å². The monoisotopic (exact) mass is 472 g/mol. The highest BCUT2D eigenvalue weighted by molar-refractivity contribution is 5.99. The zero-order valence-electron chi connectivity index (χ0n) is 20.2. The Bertz CT molecular complexity index is 1240. The Balaban J connectivity index is 1.53. The van der Waals surface area contributed by atoms with Crippen LogP contribution in [0.3, 0.4) is 0 Å². The maximum atomic E-state index is 12.9. The van der Waals surface area contributed by atoms with Crippen molar-refractivity contribution in [1.82, 2.24) is 10.2 Å². The number of nitrogens with two attached hydrogens (primary N) is 1. The first-order chi connectivity index (χ1) is 16.8. The number of anilines is 1. The third-order valence-corrected chi connectivity index (χ3v) is 6.20. The molecule has 1 fully saturated rings. The Morgan fingerprint density at radius 3 is 2.51 bits per heavy atom. The minimum Gasteiger partial charge on any atom is -0.489 e. The first-order valence-corrected chi connectivity index (χ1v) is 11.8. The van der Waals surface area contributed by atoms with E-state index < -0.39 is 0 Å². The van der Waals surface area contributed by atoms with E-state index in [1.54, 1.807) is 11.8 Å². The first kappa shape index (κ1) is 24.1. The lowest BCUT2D eigenvalue weighted by molar-refractivity contribution is 0.214. The Hall–Kier alpha value is -4.07. The number of amidine groups is 2. The number of rotatable bonds is 7. The number of nitrogens with zero attached hydrogens (tertiary/aromatic N) is 2. The van der Waals surface area contributed by atoms with Gasteiger partial charge in [-0.15, -0.1) is 0 Å². The van der Waals surface area contributed by atoms with Crippen molar-refractivity contribution < 1.29 is 9.53 Å². The van der Waals surface area contributed by atoms with Crippen molar-refractivity contribution in [1.29, 1.82) is 10.8 Å². The summed E-state index contributed by atoms with van der Waals surface area (Å²) in [7, 11) is 0. The highest BCUT2D eigenvalue weighted by Gasteiger charge is 2.24. The van der Waals surface area contributed by atoms with Gasteiger partial charge in [-0.05, 0) is 66.6 Å². The van der Waals surface area contributed by atoms with E-state index in [0.29, 0.717) is 24.5 Å². The number of hydrogen-bond acceptors (Lipinski definition) is 4. The van der Waals surface area contributed by atoms with Gasteiger partial charge in [0.25, 0.3) is 0 Å². The number of carbonyl (C=O) groups is 1. The number of urea groups is 1. The molecule has 1 unspecified atom stereocenters. The topological polar surface area (TPSA) is 119 Å². The second-order valence-corrected chi connectivity index (χ2v) is 8.79. The van der Waals surface area contributed by atoms with Crippen LogP contribution in [0.5, 0.6) is 5.75 Å². The Morgan fingerprint density at radius 1 is 1.11 bits per heavy atom. The molecule has 35 heavy (non-hydrogen) atoms. The van der Waals surface area contributed by atoms with E-state index in [9.17, 15) is 4.79 Å². The second kappa shape index (κ2) is 10.5. The summed E-state index contributed by atoms with van der Waals surface area (Å²) in [6.07, 6.45) is 0.939. The van der Waals surface area contributed by atoms with Crippen LogP contribution < -0.4 is 20.7 Å². The van der Waals surface area contributed by atoms with E-state index in [-0.39, 0.29) is 18.0 Å². The SMILES string of the molecule is CCNC(=O)N(Cc1ccc2ccc(C(=N)N)cc2c1)c1ccc(OC2CCN(C(C)=N)C2)cc1. The van der Waals surface area contributed by atoms with Crippen LogP contribution in [0.1, 0.15) is 31.4 Å². The molecule has 1 aliphatic rings. The van der Waals surface area contributed by atoms with Gasteiger partial charge < -0.3 is 20.7 Å². The molecule has 1 saturated heterocycles. The number of ether oxygens (including phenoxy) is 1. The molecule has 0 aliphatic carbocycles. The quantitative estimate of drug-likeness (QED) is 0.303. The summed E-state index contributed by atoms with van der Waals surface area (Å²) in [5.41, 5.74) is 8.07. The maximum absolute atomic E-state index is 12.9. The van der Waals surface area contributed by atoms with Crippen LogP contribution in [0.15, 0.2) is 60.7 Å². The second-order valence-electron chi connectivity index (χ2n) is 8.79. The van der Waals surface area contributed by atoms with Crippen molar-refractivity contribution in [2.75, 3.05) is 24.5 Å². The lowest BCUT2D eigenvalue weighted by atomic mass is 10.0. The maximum Gasteiger partial charge on any atom is 0.322 e. The van der Waals surface area contributed by atoms with Crippen molar-refractivity contribution in [3.8, 4) is 5.75 Å². The summed E-state index contributed by atoms with van der Waals surface area (Å²) in [6, 6.07) is 19.1. The summed E-state index contributed by atoms with van der Waals surface area (Å²) in [4.78, 5) is 16.7. The number of carbonyl (C=O) groups excluding carboxylic acids is 1. The minimum atomic E-state index is -0.174. The summed E-state index contributed by atoms with van der Waals surface area (Å²) < 4.78 is 6.11. The van der Waals surface area contributed by atoms with Crippen LogP contribution >= 0.6 is 0 Å². The van der Waals surface area contributed by atoms with Gasteiger partial charge in [-0.3, -0.25) is 15.7 Å². The van der Waals surface area contributed by atoms with Crippen LogP contribution in [-0.2, 0) is 6.54 Å². The van der Waals surface area contributed by atoms with E-state index >= 15 is 0 Å². The molecule has 0 radical (unpaired) electrons. The highest BCUT2D eigenvalue weighted by Crippen LogP contribution is 2.25. The standard InChI is InChI=1S/C27H32N6O2/c1-3-31-27(34)33(16-19-4-5-20-6-7-21(26(29)30)15-22(20)14-19)23-8-10-24(11-9-23)35-25-12-13-32(17-25)18(2)28/h4-11,14-15,25,28H,3,12-13,16-17H2,1-2H3,(H3,29,30)(H,31,34). The fourth-order valence-electron chi connectivity index (χ4n) is 4.30. The number of likely N-dealkylation sites (tertiary alicyclic amines) is 1. The molecule has 4 rings (SSSR count). The van der Waals surface area contributed by atoms with Gasteiger partial charge in [0.2, 0.25) is 0 Å². The van der Waals surface area contributed by atoms with Crippen LogP contribution in [0.2, 0.25) is 0 Å². The number of nitrogen functional groups attached to an aromatic ring is 1.